The summed E-state index contributed by atoms with van der Waals surface area (Å²) < 4.78 is 11.1. The van der Waals surface area contributed by atoms with E-state index in [1.807, 2.05) is 18.3 Å². The van der Waals surface area contributed by atoms with Gasteiger partial charge in [0.25, 0.3) is 0 Å². The van der Waals surface area contributed by atoms with Crippen molar-refractivity contribution in [2.45, 2.75) is 19.5 Å². The first-order chi connectivity index (χ1) is 9.33. The van der Waals surface area contributed by atoms with Crippen LogP contribution >= 0.6 is 0 Å². The third-order valence-electron chi connectivity index (χ3n) is 3.33. The third-order valence-corrected chi connectivity index (χ3v) is 3.33. The highest BCUT2D eigenvalue weighted by molar-refractivity contribution is 5.44. The maximum absolute atomic E-state index is 5.61. The molecule has 0 saturated heterocycles. The maximum Gasteiger partial charge on any atom is 0.161 e. The summed E-state index contributed by atoms with van der Waals surface area (Å²) in [5.74, 6) is 1.68. The fourth-order valence-corrected chi connectivity index (χ4v) is 2.19. The molecule has 1 unspecified atom stereocenters. The van der Waals surface area contributed by atoms with Crippen LogP contribution in [0, 0.1) is 0 Å². The first-order valence-electron chi connectivity index (χ1n) is 6.58. The van der Waals surface area contributed by atoms with Gasteiger partial charge in [-0.05, 0) is 36.8 Å². The van der Waals surface area contributed by atoms with Crippen molar-refractivity contribution in [3.05, 3.63) is 47.8 Å². The molecule has 2 N–H and O–H groups in total. The van der Waals surface area contributed by atoms with Crippen LogP contribution in [-0.2, 0) is 6.54 Å². The Balaban J connectivity index is 1.67. The summed E-state index contributed by atoms with van der Waals surface area (Å²) in [6.07, 6.45) is 1.94. The molecule has 19 heavy (non-hydrogen) atoms. The molecular formula is C15H18N2O2. The largest absolute Gasteiger partial charge is 0.486 e. The van der Waals surface area contributed by atoms with Crippen molar-refractivity contribution in [1.82, 2.24) is 10.3 Å². The second kappa shape index (κ2) is 5.36. The minimum atomic E-state index is 0.263. The van der Waals surface area contributed by atoms with Crippen molar-refractivity contribution in [2.24, 2.45) is 0 Å². The van der Waals surface area contributed by atoms with E-state index in [2.05, 4.69) is 35.4 Å². The van der Waals surface area contributed by atoms with Gasteiger partial charge in [0, 0.05) is 24.5 Å². The fourth-order valence-electron chi connectivity index (χ4n) is 2.19. The second-order valence-electron chi connectivity index (χ2n) is 4.70. The number of fused-ring (bicyclic) bond motifs is 1. The number of hydrogen-bond donors (Lipinski definition) is 2. The molecule has 0 fully saturated rings. The quantitative estimate of drug-likeness (QED) is 0.886. The van der Waals surface area contributed by atoms with Crippen molar-refractivity contribution in [1.29, 1.82) is 0 Å². The monoisotopic (exact) mass is 258 g/mol. The molecule has 0 saturated carbocycles. The molecule has 0 amide bonds. The molecule has 100 valence electrons. The molecule has 0 radical (unpaired) electrons. The van der Waals surface area contributed by atoms with Crippen LogP contribution in [0.2, 0.25) is 0 Å². The van der Waals surface area contributed by atoms with E-state index in [-0.39, 0.29) is 6.04 Å². The second-order valence-corrected chi connectivity index (χ2v) is 4.70. The highest BCUT2D eigenvalue weighted by Gasteiger charge is 2.14. The van der Waals surface area contributed by atoms with Crippen molar-refractivity contribution < 1.29 is 9.47 Å². The molecule has 1 aliphatic heterocycles. The molecule has 3 rings (SSSR count). The molecular weight excluding hydrogens is 240 g/mol. The Kier molecular flexibility index (Phi) is 3.42. The number of ether oxygens (including phenoxy) is 2. The highest BCUT2D eigenvalue weighted by Crippen LogP contribution is 2.32. The van der Waals surface area contributed by atoms with Crippen molar-refractivity contribution >= 4 is 0 Å². The molecule has 1 aromatic heterocycles. The van der Waals surface area contributed by atoms with Crippen LogP contribution in [0.1, 0.15) is 24.2 Å². The van der Waals surface area contributed by atoms with E-state index in [0.717, 1.165) is 18.0 Å². The zero-order valence-electron chi connectivity index (χ0n) is 11.0. The summed E-state index contributed by atoms with van der Waals surface area (Å²) in [6.45, 7) is 4.23. The summed E-state index contributed by atoms with van der Waals surface area (Å²) in [5.41, 5.74) is 2.39. The van der Waals surface area contributed by atoms with Gasteiger partial charge in [-0.15, -0.1) is 0 Å². The number of rotatable bonds is 4. The number of benzene rings is 1. The summed E-state index contributed by atoms with van der Waals surface area (Å²) in [6, 6.07) is 10.5. The predicted molar refractivity (Wildman–Crippen MR) is 73.5 cm³/mol. The first kappa shape index (κ1) is 12.1. The van der Waals surface area contributed by atoms with E-state index >= 15 is 0 Å². The molecule has 1 aromatic carbocycles. The molecule has 0 aliphatic carbocycles. The van der Waals surface area contributed by atoms with E-state index < -0.39 is 0 Å². The van der Waals surface area contributed by atoms with E-state index in [4.69, 9.17) is 9.47 Å². The highest BCUT2D eigenvalue weighted by atomic mass is 16.6. The van der Waals surface area contributed by atoms with Gasteiger partial charge in [-0.25, -0.2) is 0 Å². The third kappa shape index (κ3) is 2.74. The number of hydrogen-bond acceptors (Lipinski definition) is 3. The molecule has 2 heterocycles. The lowest BCUT2D eigenvalue weighted by Gasteiger charge is -2.21. The molecule has 4 nitrogen and oxygen atoms in total. The first-order valence-corrected chi connectivity index (χ1v) is 6.58. The van der Waals surface area contributed by atoms with Gasteiger partial charge in [0.2, 0.25) is 0 Å². The minimum absolute atomic E-state index is 0.263. The molecule has 1 atom stereocenters. The van der Waals surface area contributed by atoms with Gasteiger partial charge < -0.3 is 19.8 Å². The summed E-state index contributed by atoms with van der Waals surface area (Å²) >= 11 is 0. The van der Waals surface area contributed by atoms with E-state index in [0.29, 0.717) is 13.2 Å². The SMILES string of the molecule is CC(NCc1ccc[nH]1)c1ccc2c(c1)OCCO2. The number of aromatic nitrogens is 1. The van der Waals surface area contributed by atoms with Crippen LogP contribution in [0.15, 0.2) is 36.5 Å². The normalized spacial score (nSPS) is 15.2. The minimum Gasteiger partial charge on any atom is -0.486 e. The molecule has 0 spiro atoms. The number of H-pyrrole nitrogens is 1. The topological polar surface area (TPSA) is 46.3 Å². The van der Waals surface area contributed by atoms with Gasteiger partial charge in [0.1, 0.15) is 13.2 Å². The molecule has 2 aromatic rings. The Morgan fingerprint density at radius 2 is 2.05 bits per heavy atom. The van der Waals surface area contributed by atoms with Crippen LogP contribution in [-0.4, -0.2) is 18.2 Å². The van der Waals surface area contributed by atoms with E-state index in [9.17, 15) is 0 Å². The molecule has 0 bridgehead atoms. The van der Waals surface area contributed by atoms with Crippen LogP contribution in [0.4, 0.5) is 0 Å². The van der Waals surface area contributed by atoms with Gasteiger partial charge in [0.15, 0.2) is 11.5 Å². The smallest absolute Gasteiger partial charge is 0.161 e. The summed E-state index contributed by atoms with van der Waals surface area (Å²) in [5, 5.41) is 3.48. The van der Waals surface area contributed by atoms with Crippen LogP contribution in [0.5, 0.6) is 11.5 Å². The Bertz CT molecular complexity index is 537. The van der Waals surface area contributed by atoms with Gasteiger partial charge >= 0.3 is 0 Å². The average molecular weight is 258 g/mol. The van der Waals surface area contributed by atoms with Crippen LogP contribution in [0.3, 0.4) is 0 Å². The van der Waals surface area contributed by atoms with Crippen molar-refractivity contribution in [3.8, 4) is 11.5 Å². The summed E-state index contributed by atoms with van der Waals surface area (Å²) in [7, 11) is 0. The maximum atomic E-state index is 5.61. The zero-order chi connectivity index (χ0) is 13.1. The molecule has 1 aliphatic rings. The lowest BCUT2D eigenvalue weighted by Crippen LogP contribution is -2.19. The Labute approximate surface area is 112 Å². The Morgan fingerprint density at radius 3 is 2.84 bits per heavy atom. The molecule has 4 heteroatoms. The Hall–Kier alpha value is -1.94. The van der Waals surface area contributed by atoms with E-state index in [1.165, 1.54) is 11.3 Å². The van der Waals surface area contributed by atoms with Gasteiger partial charge in [-0.1, -0.05) is 6.07 Å². The zero-order valence-corrected chi connectivity index (χ0v) is 11.0. The van der Waals surface area contributed by atoms with Gasteiger partial charge in [-0.2, -0.15) is 0 Å². The standard InChI is InChI=1S/C15H18N2O2/c1-11(17-10-13-3-2-6-16-13)12-4-5-14-15(9-12)19-8-7-18-14/h2-6,9,11,16-17H,7-8,10H2,1H3. The van der Waals surface area contributed by atoms with Crippen LogP contribution < -0.4 is 14.8 Å². The average Bonchev–Trinajstić information content (AvgIpc) is 2.97. The predicted octanol–water partition coefficient (Wildman–Crippen LogP) is 2.64. The van der Waals surface area contributed by atoms with Gasteiger partial charge in [-0.3, -0.25) is 0 Å². The van der Waals surface area contributed by atoms with Gasteiger partial charge in [0.05, 0.1) is 0 Å². The lowest BCUT2D eigenvalue weighted by molar-refractivity contribution is 0.171. The summed E-state index contributed by atoms with van der Waals surface area (Å²) in [4.78, 5) is 3.19. The lowest BCUT2D eigenvalue weighted by atomic mass is 10.1. The number of aromatic amines is 1. The van der Waals surface area contributed by atoms with Crippen LogP contribution in [0.25, 0.3) is 0 Å². The fraction of sp³-hybridized carbons (Fsp3) is 0.333. The Morgan fingerprint density at radius 1 is 1.21 bits per heavy atom. The van der Waals surface area contributed by atoms with E-state index in [1.54, 1.807) is 0 Å². The number of nitrogens with one attached hydrogen (secondary N) is 2. The van der Waals surface area contributed by atoms with Crippen molar-refractivity contribution in [2.75, 3.05) is 13.2 Å². The van der Waals surface area contributed by atoms with Crippen molar-refractivity contribution in [3.63, 3.8) is 0 Å².